The number of hydrogen-bond donors (Lipinski definition) is 1. The predicted octanol–water partition coefficient (Wildman–Crippen LogP) is 15.1. The SMILES string of the molecule is CC/C=C\C/C=C\C/C=C\C/C=C\C/C=C\CCCCN(CCCCO)CCCCCC(OCCCCCCCC)O[Si](C)(C)O[Si](C)(C)OCCCCCCCC. The largest absolute Gasteiger partial charge is 0.415 e. The van der Waals surface area contributed by atoms with Crippen molar-refractivity contribution in [3.05, 3.63) is 60.8 Å². The highest BCUT2D eigenvalue weighted by atomic mass is 28.5. The maximum atomic E-state index is 9.39. The molecule has 6 nitrogen and oxygen atoms in total. The van der Waals surface area contributed by atoms with Crippen LogP contribution in [0.4, 0.5) is 0 Å². The zero-order valence-electron chi connectivity index (χ0n) is 39.5. The normalized spacial score (nSPS) is 13.7. The van der Waals surface area contributed by atoms with Crippen molar-refractivity contribution in [3.63, 3.8) is 0 Å². The zero-order valence-corrected chi connectivity index (χ0v) is 41.5. The summed E-state index contributed by atoms with van der Waals surface area (Å²) in [7, 11) is -4.75. The molecule has 0 saturated carbocycles. The molecule has 8 heteroatoms. The first kappa shape index (κ1) is 56.9. The number of ether oxygens (including phenoxy) is 1. The number of unbranched alkanes of at least 4 members (excludes halogenated alkanes) is 15. The van der Waals surface area contributed by atoms with E-state index in [2.05, 4.69) is 113 Å². The number of nitrogens with zero attached hydrogens (tertiary/aromatic N) is 1. The molecule has 0 aromatic carbocycles. The second kappa shape index (κ2) is 42.6. The molecule has 0 saturated heterocycles. The average molecular weight is 848 g/mol. The number of aliphatic hydroxyl groups is 1. The molecule has 0 aliphatic carbocycles. The van der Waals surface area contributed by atoms with Crippen molar-refractivity contribution >= 4 is 17.1 Å². The molecule has 0 aromatic rings. The summed E-state index contributed by atoms with van der Waals surface area (Å²) in [5, 5.41) is 9.39. The highest BCUT2D eigenvalue weighted by Gasteiger charge is 2.38. The standard InChI is InChI=1S/C50H97NO5Si2/c1-8-11-14-17-20-21-22-23-24-25-26-27-28-29-30-31-32-37-44-51(46-39-40-47-52)45-38-35-36-43-50(53-48-41-33-18-15-12-9-2)55-58(6,7)56-57(4,5)54-49-42-34-19-16-13-10-3/h11,14,20-21,23-24,26-27,29-30,50,52H,8-10,12-13,15-19,22,25,28,31-49H2,1-7H3/b14-11-,21-20-,24-23-,27-26-,30-29-. The number of hydrogen-bond acceptors (Lipinski definition) is 6. The van der Waals surface area contributed by atoms with Gasteiger partial charge < -0.3 is 27.7 Å². The van der Waals surface area contributed by atoms with Gasteiger partial charge in [0, 0.05) is 19.8 Å². The van der Waals surface area contributed by atoms with Gasteiger partial charge in [-0.25, -0.2) is 0 Å². The van der Waals surface area contributed by atoms with E-state index in [1.807, 2.05) is 0 Å². The van der Waals surface area contributed by atoms with E-state index in [0.29, 0.717) is 0 Å². The van der Waals surface area contributed by atoms with E-state index >= 15 is 0 Å². The van der Waals surface area contributed by atoms with Gasteiger partial charge in [-0.3, -0.25) is 0 Å². The van der Waals surface area contributed by atoms with Gasteiger partial charge >= 0.3 is 17.1 Å². The fourth-order valence-electron chi connectivity index (χ4n) is 7.01. The number of rotatable bonds is 44. The van der Waals surface area contributed by atoms with Gasteiger partial charge in [0.2, 0.25) is 0 Å². The third-order valence-corrected chi connectivity index (χ3v) is 15.9. The Balaban J connectivity index is 4.70. The molecule has 1 unspecified atom stereocenters. The molecule has 0 radical (unpaired) electrons. The summed E-state index contributed by atoms with van der Waals surface area (Å²) < 4.78 is 26.2. The molecule has 0 heterocycles. The summed E-state index contributed by atoms with van der Waals surface area (Å²) in [5.41, 5.74) is 0. The Morgan fingerprint density at radius 2 is 0.948 bits per heavy atom. The molecule has 0 spiro atoms. The minimum absolute atomic E-state index is 0.211. The van der Waals surface area contributed by atoms with Crippen molar-refractivity contribution in [1.82, 2.24) is 4.90 Å². The van der Waals surface area contributed by atoms with Crippen LogP contribution in [0.5, 0.6) is 0 Å². The first-order valence-corrected chi connectivity index (χ1v) is 30.0. The van der Waals surface area contributed by atoms with Gasteiger partial charge in [0.15, 0.2) is 0 Å². The van der Waals surface area contributed by atoms with Gasteiger partial charge in [-0.2, -0.15) is 0 Å². The van der Waals surface area contributed by atoms with Gasteiger partial charge in [-0.15, -0.1) is 0 Å². The minimum Gasteiger partial charge on any atom is -0.415 e. The molecule has 0 aromatic heterocycles. The second-order valence-electron chi connectivity index (χ2n) is 17.0. The minimum atomic E-state index is -2.45. The van der Waals surface area contributed by atoms with Crippen LogP contribution in [0.2, 0.25) is 26.2 Å². The van der Waals surface area contributed by atoms with Crippen molar-refractivity contribution in [1.29, 1.82) is 0 Å². The maximum Gasteiger partial charge on any atom is 0.324 e. The fraction of sp³-hybridized carbons (Fsp3) is 0.800. The summed E-state index contributed by atoms with van der Waals surface area (Å²) >= 11 is 0. The van der Waals surface area contributed by atoms with Gasteiger partial charge in [0.05, 0.1) is 0 Å². The van der Waals surface area contributed by atoms with Gasteiger partial charge in [0.1, 0.15) is 6.29 Å². The molecule has 0 aliphatic heterocycles. The van der Waals surface area contributed by atoms with Crippen LogP contribution in [0, 0.1) is 0 Å². The van der Waals surface area contributed by atoms with Crippen molar-refractivity contribution in [2.75, 3.05) is 39.5 Å². The molecule has 0 rings (SSSR count). The van der Waals surface area contributed by atoms with Crippen LogP contribution >= 0.6 is 0 Å². The highest BCUT2D eigenvalue weighted by Crippen LogP contribution is 2.22. The first-order chi connectivity index (χ1) is 28.2. The molecule has 340 valence electrons. The van der Waals surface area contributed by atoms with E-state index in [0.717, 1.165) is 110 Å². The summed E-state index contributed by atoms with van der Waals surface area (Å²) in [6.07, 6.45) is 52.7. The summed E-state index contributed by atoms with van der Waals surface area (Å²) in [5.74, 6) is 0. The Morgan fingerprint density at radius 1 is 0.483 bits per heavy atom. The van der Waals surface area contributed by atoms with Gasteiger partial charge in [-0.1, -0.05) is 152 Å². The van der Waals surface area contributed by atoms with E-state index in [1.165, 1.54) is 89.9 Å². The van der Waals surface area contributed by atoms with Crippen LogP contribution in [0.3, 0.4) is 0 Å². The summed E-state index contributed by atoms with van der Waals surface area (Å²) in [6.45, 7) is 20.6. The molecule has 1 atom stereocenters. The lowest BCUT2D eigenvalue weighted by molar-refractivity contribution is -0.101. The molecular formula is C50H97NO5Si2. The molecule has 0 amide bonds. The van der Waals surface area contributed by atoms with Crippen molar-refractivity contribution in [2.24, 2.45) is 0 Å². The maximum absolute atomic E-state index is 9.39. The number of allylic oxidation sites excluding steroid dienone is 10. The molecular weight excluding hydrogens is 751 g/mol. The topological polar surface area (TPSA) is 60.4 Å². The van der Waals surface area contributed by atoms with Crippen LogP contribution in [0.1, 0.15) is 188 Å². The Labute approximate surface area is 363 Å². The van der Waals surface area contributed by atoms with Crippen LogP contribution in [0.15, 0.2) is 60.8 Å². The van der Waals surface area contributed by atoms with E-state index in [1.54, 1.807) is 0 Å². The molecule has 0 fully saturated rings. The van der Waals surface area contributed by atoms with Crippen LogP contribution in [-0.4, -0.2) is 72.9 Å². The smallest absolute Gasteiger partial charge is 0.324 e. The third-order valence-electron chi connectivity index (χ3n) is 10.2. The third kappa shape index (κ3) is 41.6. The molecule has 58 heavy (non-hydrogen) atoms. The average Bonchev–Trinajstić information content (AvgIpc) is 3.18. The van der Waals surface area contributed by atoms with E-state index in [-0.39, 0.29) is 12.9 Å². The van der Waals surface area contributed by atoms with E-state index in [9.17, 15) is 5.11 Å². The van der Waals surface area contributed by atoms with Gasteiger partial charge in [0.25, 0.3) is 0 Å². The Hall–Kier alpha value is -1.11. The zero-order chi connectivity index (χ0) is 42.7. The van der Waals surface area contributed by atoms with Gasteiger partial charge in [-0.05, 0) is 142 Å². The van der Waals surface area contributed by atoms with E-state index < -0.39 is 17.1 Å². The Morgan fingerprint density at radius 3 is 1.50 bits per heavy atom. The fourth-order valence-corrected chi connectivity index (χ4v) is 13.6. The van der Waals surface area contributed by atoms with Crippen LogP contribution in [0.25, 0.3) is 0 Å². The monoisotopic (exact) mass is 848 g/mol. The first-order valence-electron chi connectivity index (χ1n) is 24.4. The second-order valence-corrected chi connectivity index (χ2v) is 24.0. The Bertz CT molecular complexity index is 1010. The molecule has 0 bridgehead atoms. The lowest BCUT2D eigenvalue weighted by Crippen LogP contribution is -2.50. The number of aliphatic hydroxyl groups excluding tert-OH is 1. The predicted molar refractivity (Wildman–Crippen MR) is 259 cm³/mol. The van der Waals surface area contributed by atoms with Crippen LogP contribution in [-0.2, 0) is 17.7 Å². The summed E-state index contributed by atoms with van der Waals surface area (Å²) in [6, 6.07) is 0. The lowest BCUT2D eigenvalue weighted by Gasteiger charge is -2.35. The van der Waals surface area contributed by atoms with E-state index in [4.69, 9.17) is 17.7 Å². The Kier molecular flexibility index (Phi) is 41.8. The quantitative estimate of drug-likeness (QED) is 0.0285. The summed E-state index contributed by atoms with van der Waals surface area (Å²) in [4.78, 5) is 2.62. The molecule has 1 N–H and O–H groups in total. The van der Waals surface area contributed by atoms with Crippen molar-refractivity contribution < 1.29 is 22.8 Å². The lowest BCUT2D eigenvalue weighted by atomic mass is 10.1. The van der Waals surface area contributed by atoms with Crippen molar-refractivity contribution in [2.45, 2.75) is 220 Å². The van der Waals surface area contributed by atoms with Crippen molar-refractivity contribution in [3.8, 4) is 0 Å². The molecule has 0 aliphatic rings. The highest BCUT2D eigenvalue weighted by molar-refractivity contribution is 6.78. The van der Waals surface area contributed by atoms with Crippen LogP contribution < -0.4 is 0 Å².